The van der Waals surface area contributed by atoms with Gasteiger partial charge in [0.1, 0.15) is 17.4 Å². The summed E-state index contributed by atoms with van der Waals surface area (Å²) in [6.45, 7) is 4.80. The molecule has 0 spiro atoms. The number of carbonyl (C=O) groups excluding carboxylic acids is 1. The van der Waals surface area contributed by atoms with Crippen molar-refractivity contribution in [1.82, 2.24) is 0 Å². The zero-order valence-electron chi connectivity index (χ0n) is 19.7. The van der Waals surface area contributed by atoms with Gasteiger partial charge in [0.2, 0.25) is 0 Å². The molecule has 0 radical (unpaired) electrons. The maximum Gasteiger partial charge on any atom is 0.345 e. The van der Waals surface area contributed by atoms with E-state index in [1.165, 1.54) is 13.0 Å². The van der Waals surface area contributed by atoms with Crippen LogP contribution in [0.25, 0.3) is 0 Å². The van der Waals surface area contributed by atoms with Crippen molar-refractivity contribution < 1.29 is 23.0 Å². The number of carbonyl (C=O) groups is 1. The van der Waals surface area contributed by atoms with Crippen molar-refractivity contribution in [3.8, 4) is 5.75 Å². The molecule has 0 fully saturated rings. The van der Waals surface area contributed by atoms with Crippen LogP contribution < -0.4 is 4.74 Å². The summed E-state index contributed by atoms with van der Waals surface area (Å²) < 4.78 is 38.7. The number of rotatable bonds is 9. The smallest absolute Gasteiger partial charge is 0.345 e. The third-order valence-electron chi connectivity index (χ3n) is 5.51. The first kappa shape index (κ1) is 25.2. The fourth-order valence-electron chi connectivity index (χ4n) is 3.68. The lowest BCUT2D eigenvalue weighted by atomic mass is 9.95. The third kappa shape index (κ3) is 6.01. The lowest BCUT2D eigenvalue weighted by Crippen LogP contribution is -2.30. The van der Waals surface area contributed by atoms with Crippen molar-refractivity contribution in [3.63, 3.8) is 0 Å². The number of halogens is 2. The number of benzene rings is 4. The van der Waals surface area contributed by atoms with Crippen LogP contribution in [0.1, 0.15) is 12.5 Å². The molecule has 4 aromatic rings. The highest BCUT2D eigenvalue weighted by Crippen LogP contribution is 2.33. The predicted octanol–water partition coefficient (Wildman–Crippen LogP) is 7.08. The summed E-state index contributed by atoms with van der Waals surface area (Å²) in [4.78, 5) is 16.0. The average molecular weight is 504 g/mol. The minimum Gasteiger partial charge on any atom is -0.482 e. The van der Waals surface area contributed by atoms with E-state index in [-0.39, 0.29) is 23.1 Å². The molecule has 0 saturated heterocycles. The molecule has 36 heavy (non-hydrogen) atoms. The Morgan fingerprint density at radius 2 is 1.39 bits per heavy atom. The number of hydrogen-bond acceptors (Lipinski definition) is 3. The predicted molar refractivity (Wildman–Crippen MR) is 137 cm³/mol. The number of esters is 1. The molecule has 0 aliphatic heterocycles. The molecule has 1 atom stereocenters. The number of hydrogen-bond donors (Lipinski definition) is 0. The number of ether oxygens (including phenoxy) is 2. The van der Waals surface area contributed by atoms with Gasteiger partial charge in [-0.15, -0.1) is 0 Å². The Morgan fingerprint density at radius 3 is 1.94 bits per heavy atom. The van der Waals surface area contributed by atoms with Gasteiger partial charge < -0.3 is 9.47 Å². The molecule has 0 aliphatic rings. The summed E-state index contributed by atoms with van der Waals surface area (Å²) in [6.07, 6.45) is 1.32. The highest BCUT2D eigenvalue weighted by Gasteiger charge is 2.30. The fraction of sp³-hybridized carbons (Fsp3) is 0.100. The normalized spacial score (nSPS) is 12.6. The van der Waals surface area contributed by atoms with Crippen LogP contribution in [0.2, 0.25) is 0 Å². The van der Waals surface area contributed by atoms with Crippen LogP contribution in [0.3, 0.4) is 0 Å². The first-order valence-electron chi connectivity index (χ1n) is 11.3. The van der Waals surface area contributed by atoms with Gasteiger partial charge in [0, 0.05) is 17.7 Å². The Hall–Kier alpha value is -3.90. The Bertz CT molecular complexity index is 1290. The van der Waals surface area contributed by atoms with Crippen molar-refractivity contribution in [2.24, 2.45) is 0 Å². The van der Waals surface area contributed by atoms with Crippen LogP contribution in [-0.2, 0) is 26.0 Å². The minimum absolute atomic E-state index is 0.139. The van der Waals surface area contributed by atoms with Crippen LogP contribution in [0, 0.1) is 11.6 Å². The summed E-state index contributed by atoms with van der Waals surface area (Å²) in [5, 5.41) is 0. The van der Waals surface area contributed by atoms with Gasteiger partial charge in [0.05, 0.1) is 10.9 Å². The van der Waals surface area contributed by atoms with Gasteiger partial charge in [-0.2, -0.15) is 0 Å². The lowest BCUT2D eigenvalue weighted by Gasteiger charge is -2.26. The Balaban J connectivity index is 1.51. The van der Waals surface area contributed by atoms with Crippen LogP contribution in [0.5, 0.6) is 5.75 Å². The second kappa shape index (κ2) is 11.2. The van der Waals surface area contributed by atoms with Gasteiger partial charge in [-0.25, -0.2) is 13.6 Å². The zero-order chi connectivity index (χ0) is 25.5. The van der Waals surface area contributed by atoms with E-state index in [0.717, 1.165) is 32.9 Å². The summed E-state index contributed by atoms with van der Waals surface area (Å²) in [5.74, 6) is -1.73. The lowest BCUT2D eigenvalue weighted by molar-refractivity contribution is -0.157. The molecule has 0 saturated carbocycles. The van der Waals surface area contributed by atoms with E-state index in [1.807, 2.05) is 54.6 Å². The van der Waals surface area contributed by atoms with E-state index in [1.54, 1.807) is 6.07 Å². The fourth-order valence-corrected chi connectivity index (χ4v) is 5.80. The van der Waals surface area contributed by atoms with Gasteiger partial charge in [-0.1, -0.05) is 49.0 Å². The summed E-state index contributed by atoms with van der Waals surface area (Å²) in [7, 11) is -0.366. The zero-order valence-corrected chi connectivity index (χ0v) is 20.5. The van der Waals surface area contributed by atoms with Crippen LogP contribution >= 0.6 is 0 Å². The molecule has 4 aromatic carbocycles. The quantitative estimate of drug-likeness (QED) is 0.139. The minimum atomic E-state index is -1.42. The van der Waals surface area contributed by atoms with Crippen molar-refractivity contribution in [1.29, 1.82) is 0 Å². The first-order chi connectivity index (χ1) is 17.4. The average Bonchev–Trinajstić information content (AvgIpc) is 2.88. The third-order valence-corrected chi connectivity index (χ3v) is 7.72. The van der Waals surface area contributed by atoms with Crippen molar-refractivity contribution in [2.75, 3.05) is 6.61 Å². The van der Waals surface area contributed by atoms with Gasteiger partial charge >= 0.3 is 5.97 Å². The molecule has 4 rings (SSSR count). The molecule has 182 valence electrons. The molecular weight excluding hydrogens is 478 g/mol. The second-order valence-corrected chi connectivity index (χ2v) is 10.2. The van der Waals surface area contributed by atoms with E-state index in [4.69, 9.17) is 9.47 Å². The van der Waals surface area contributed by atoms with E-state index < -0.39 is 23.2 Å². The molecule has 0 amide bonds. The van der Waals surface area contributed by atoms with Crippen molar-refractivity contribution >= 4 is 16.9 Å². The van der Waals surface area contributed by atoms with E-state index in [9.17, 15) is 13.6 Å². The molecule has 0 heterocycles. The standard InChI is InChI=1S/C30H25F2O3S/c1-3-30(2,22-17-23(31)19-24(32)18-22)35-29(33)21-34-25-11-10-16-28(20-25)36(26-12-6-4-7-13-26)27-14-8-5-9-15-27/h3-20H,1,21H2,2H3/q+1. The molecule has 0 bridgehead atoms. The summed E-state index contributed by atoms with van der Waals surface area (Å²) in [6, 6.07) is 30.9. The summed E-state index contributed by atoms with van der Waals surface area (Å²) in [5.41, 5.74) is -1.28. The molecule has 6 heteroatoms. The van der Waals surface area contributed by atoms with Gasteiger partial charge in [-0.3, -0.25) is 0 Å². The first-order valence-corrected chi connectivity index (χ1v) is 12.5. The Kier molecular flexibility index (Phi) is 7.86. The van der Waals surface area contributed by atoms with Crippen LogP contribution in [0.15, 0.2) is 130 Å². The van der Waals surface area contributed by atoms with Gasteiger partial charge in [-0.05, 0) is 61.5 Å². The Morgan fingerprint density at radius 1 is 0.833 bits per heavy atom. The molecule has 0 aliphatic carbocycles. The summed E-state index contributed by atoms with van der Waals surface area (Å²) >= 11 is 0. The molecule has 3 nitrogen and oxygen atoms in total. The van der Waals surface area contributed by atoms with Crippen molar-refractivity contribution in [2.45, 2.75) is 27.2 Å². The largest absolute Gasteiger partial charge is 0.482 e. The highest BCUT2D eigenvalue weighted by molar-refractivity contribution is 7.97. The van der Waals surface area contributed by atoms with Crippen LogP contribution in [0.4, 0.5) is 8.78 Å². The molecule has 1 unspecified atom stereocenters. The van der Waals surface area contributed by atoms with Crippen molar-refractivity contribution in [3.05, 3.63) is 133 Å². The maximum atomic E-state index is 13.7. The SMILES string of the molecule is C=CC(C)(OC(=O)COc1cccc([S+](c2ccccc2)c2ccccc2)c1)c1cc(F)cc(F)c1. The highest BCUT2D eigenvalue weighted by atomic mass is 32.2. The second-order valence-electron chi connectivity index (χ2n) is 8.14. The van der Waals surface area contributed by atoms with E-state index >= 15 is 0 Å². The topological polar surface area (TPSA) is 35.5 Å². The van der Waals surface area contributed by atoms with E-state index in [0.29, 0.717) is 5.75 Å². The molecule has 0 aromatic heterocycles. The maximum absolute atomic E-state index is 13.7. The molecular formula is C30H25F2O3S+. The van der Waals surface area contributed by atoms with Crippen LogP contribution in [-0.4, -0.2) is 12.6 Å². The molecule has 0 N–H and O–H groups in total. The van der Waals surface area contributed by atoms with Gasteiger partial charge in [0.15, 0.2) is 26.9 Å². The van der Waals surface area contributed by atoms with Gasteiger partial charge in [0.25, 0.3) is 0 Å². The van der Waals surface area contributed by atoms with E-state index in [2.05, 4.69) is 30.8 Å². The monoisotopic (exact) mass is 503 g/mol. The Labute approximate surface area is 212 Å².